The van der Waals surface area contributed by atoms with E-state index in [1.54, 1.807) is 7.05 Å². The molecule has 1 fully saturated rings. The van der Waals surface area contributed by atoms with Crippen LogP contribution in [0, 0.1) is 0 Å². The monoisotopic (exact) mass is 315 g/mol. The average molecular weight is 315 g/mol. The normalized spacial score (nSPS) is 19.0. The summed E-state index contributed by atoms with van der Waals surface area (Å²) in [5.41, 5.74) is 3.17. The first kappa shape index (κ1) is 15.8. The van der Waals surface area contributed by atoms with E-state index in [9.17, 15) is 4.79 Å². The fourth-order valence-corrected chi connectivity index (χ4v) is 3.52. The van der Waals surface area contributed by atoms with Crippen LogP contribution in [-0.2, 0) is 20.6 Å². The van der Waals surface area contributed by atoms with Crippen LogP contribution < -0.4 is 5.32 Å². The topological polar surface area (TPSA) is 55.1 Å². The zero-order valence-electron chi connectivity index (χ0n) is 14.1. The molecule has 124 valence electrons. The van der Waals surface area contributed by atoms with E-state index in [2.05, 4.69) is 27.6 Å². The van der Waals surface area contributed by atoms with Gasteiger partial charge in [0.2, 0.25) is 0 Å². The summed E-state index contributed by atoms with van der Waals surface area (Å²) in [5.74, 6) is -0.0339. The van der Waals surface area contributed by atoms with Crippen LogP contribution in [0.1, 0.15) is 47.1 Å². The van der Waals surface area contributed by atoms with E-state index in [1.165, 1.54) is 24.1 Å². The van der Waals surface area contributed by atoms with E-state index in [0.29, 0.717) is 6.04 Å². The lowest BCUT2D eigenvalue weighted by atomic mass is 9.99. The van der Waals surface area contributed by atoms with Gasteiger partial charge in [-0.05, 0) is 31.5 Å². The number of piperidine rings is 1. The number of carbonyl (C=O) groups excluding carboxylic acids is 1. The standard InChI is InChI=1S/C17H25N5O/c1-18-17(23)16-8-7-14(21(16)3)15-6-4-5-9-22(15)12-13-10-19-20(2)11-13/h7-8,10-11,15H,4-6,9,12H2,1-3H3,(H,18,23)/t15-/m0/s1. The summed E-state index contributed by atoms with van der Waals surface area (Å²) in [6.45, 7) is 1.99. The number of nitrogens with zero attached hydrogens (tertiary/aromatic N) is 4. The third-order valence-corrected chi connectivity index (χ3v) is 4.72. The molecule has 0 unspecified atom stereocenters. The van der Waals surface area contributed by atoms with Crippen molar-refractivity contribution in [2.45, 2.75) is 31.8 Å². The summed E-state index contributed by atoms with van der Waals surface area (Å²) in [6, 6.07) is 4.37. The van der Waals surface area contributed by atoms with Gasteiger partial charge in [-0.15, -0.1) is 0 Å². The largest absolute Gasteiger partial charge is 0.354 e. The second kappa shape index (κ2) is 6.58. The van der Waals surface area contributed by atoms with E-state index >= 15 is 0 Å². The van der Waals surface area contributed by atoms with Gasteiger partial charge >= 0.3 is 0 Å². The lowest BCUT2D eigenvalue weighted by Gasteiger charge is -2.36. The molecular weight excluding hydrogens is 290 g/mol. The smallest absolute Gasteiger partial charge is 0.267 e. The summed E-state index contributed by atoms with van der Waals surface area (Å²) in [7, 11) is 5.60. The van der Waals surface area contributed by atoms with Gasteiger partial charge in [0.05, 0.1) is 12.2 Å². The number of aryl methyl sites for hydroxylation is 1. The van der Waals surface area contributed by atoms with Crippen LogP contribution in [0.4, 0.5) is 0 Å². The molecule has 1 aliphatic rings. The van der Waals surface area contributed by atoms with E-state index in [1.807, 2.05) is 35.6 Å². The van der Waals surface area contributed by atoms with Crippen LogP contribution in [0.3, 0.4) is 0 Å². The summed E-state index contributed by atoms with van der Waals surface area (Å²) in [4.78, 5) is 14.5. The minimum Gasteiger partial charge on any atom is -0.354 e. The van der Waals surface area contributed by atoms with Gasteiger partial charge in [0, 0.05) is 45.1 Å². The number of aromatic nitrogens is 3. The number of amides is 1. The second-order valence-corrected chi connectivity index (χ2v) is 6.29. The number of hydrogen-bond donors (Lipinski definition) is 1. The van der Waals surface area contributed by atoms with Crippen LogP contribution >= 0.6 is 0 Å². The maximum Gasteiger partial charge on any atom is 0.267 e. The molecule has 0 spiro atoms. The van der Waals surface area contributed by atoms with E-state index in [-0.39, 0.29) is 5.91 Å². The Bertz CT molecular complexity index is 687. The lowest BCUT2D eigenvalue weighted by molar-refractivity contribution is 0.0952. The number of carbonyl (C=O) groups is 1. The molecule has 2 aromatic heterocycles. The highest BCUT2D eigenvalue weighted by atomic mass is 16.1. The Kier molecular flexibility index (Phi) is 4.52. The van der Waals surface area contributed by atoms with Crippen molar-refractivity contribution >= 4 is 5.91 Å². The van der Waals surface area contributed by atoms with Gasteiger partial charge in [-0.25, -0.2) is 0 Å². The van der Waals surface area contributed by atoms with Gasteiger partial charge in [-0.1, -0.05) is 6.42 Å². The first-order valence-electron chi connectivity index (χ1n) is 8.19. The highest BCUT2D eigenvalue weighted by molar-refractivity contribution is 5.92. The summed E-state index contributed by atoms with van der Waals surface area (Å²) < 4.78 is 3.88. The Balaban J connectivity index is 1.84. The van der Waals surface area contributed by atoms with Crippen molar-refractivity contribution in [3.63, 3.8) is 0 Å². The van der Waals surface area contributed by atoms with Gasteiger partial charge in [-0.2, -0.15) is 5.10 Å². The van der Waals surface area contributed by atoms with Crippen LogP contribution in [0.2, 0.25) is 0 Å². The molecule has 1 amide bonds. The first-order valence-corrected chi connectivity index (χ1v) is 8.19. The van der Waals surface area contributed by atoms with E-state index in [0.717, 1.165) is 25.2 Å². The molecule has 1 atom stereocenters. The molecule has 1 saturated heterocycles. The van der Waals surface area contributed by atoms with Crippen LogP contribution in [0.25, 0.3) is 0 Å². The first-order chi connectivity index (χ1) is 11.1. The van der Waals surface area contributed by atoms with Gasteiger partial charge in [0.1, 0.15) is 5.69 Å². The van der Waals surface area contributed by atoms with Gasteiger partial charge in [0.25, 0.3) is 5.91 Å². The lowest BCUT2D eigenvalue weighted by Crippen LogP contribution is -2.34. The zero-order valence-corrected chi connectivity index (χ0v) is 14.1. The Morgan fingerprint density at radius 1 is 1.35 bits per heavy atom. The predicted molar refractivity (Wildman–Crippen MR) is 89.0 cm³/mol. The third kappa shape index (κ3) is 3.17. The fraction of sp³-hybridized carbons (Fsp3) is 0.529. The molecule has 0 radical (unpaired) electrons. The maximum absolute atomic E-state index is 11.9. The van der Waals surface area contributed by atoms with Crippen molar-refractivity contribution < 1.29 is 4.79 Å². The number of hydrogen-bond acceptors (Lipinski definition) is 3. The van der Waals surface area contributed by atoms with Crippen LogP contribution in [0.5, 0.6) is 0 Å². The van der Waals surface area contributed by atoms with Gasteiger partial charge < -0.3 is 9.88 Å². The predicted octanol–water partition coefficient (Wildman–Crippen LogP) is 1.85. The molecule has 0 aliphatic carbocycles. The van der Waals surface area contributed by atoms with Gasteiger partial charge in [0.15, 0.2) is 0 Å². The Morgan fingerprint density at radius 3 is 2.87 bits per heavy atom. The molecule has 0 saturated carbocycles. The van der Waals surface area contributed by atoms with E-state index in [4.69, 9.17) is 0 Å². The van der Waals surface area contributed by atoms with Crippen molar-refractivity contribution in [1.82, 2.24) is 24.6 Å². The molecule has 0 aromatic carbocycles. The number of nitrogens with one attached hydrogen (secondary N) is 1. The third-order valence-electron chi connectivity index (χ3n) is 4.72. The molecule has 2 aromatic rings. The minimum absolute atomic E-state index is 0.0339. The average Bonchev–Trinajstić information content (AvgIpc) is 3.13. The second-order valence-electron chi connectivity index (χ2n) is 6.29. The van der Waals surface area contributed by atoms with Crippen molar-refractivity contribution in [2.75, 3.05) is 13.6 Å². The molecule has 1 aliphatic heterocycles. The van der Waals surface area contributed by atoms with Gasteiger partial charge in [-0.3, -0.25) is 14.4 Å². The van der Waals surface area contributed by atoms with E-state index < -0.39 is 0 Å². The van der Waals surface area contributed by atoms with Crippen LogP contribution in [0.15, 0.2) is 24.5 Å². The summed E-state index contributed by atoms with van der Waals surface area (Å²) in [6.07, 6.45) is 7.60. The molecule has 23 heavy (non-hydrogen) atoms. The highest BCUT2D eigenvalue weighted by Crippen LogP contribution is 2.32. The number of likely N-dealkylation sites (tertiary alicyclic amines) is 1. The molecule has 0 bridgehead atoms. The molecule has 1 N–H and O–H groups in total. The Hall–Kier alpha value is -2.08. The highest BCUT2D eigenvalue weighted by Gasteiger charge is 2.27. The Morgan fingerprint density at radius 2 is 2.17 bits per heavy atom. The van der Waals surface area contributed by atoms with Crippen LogP contribution in [-0.4, -0.2) is 38.7 Å². The molecule has 6 nitrogen and oxygen atoms in total. The molecule has 3 rings (SSSR count). The summed E-state index contributed by atoms with van der Waals surface area (Å²) >= 11 is 0. The molecular formula is C17H25N5O. The SMILES string of the molecule is CNC(=O)c1ccc([C@@H]2CCCCN2Cc2cnn(C)c2)n1C. The zero-order chi connectivity index (χ0) is 16.4. The van der Waals surface area contributed by atoms with Crippen molar-refractivity contribution in [1.29, 1.82) is 0 Å². The minimum atomic E-state index is -0.0339. The Labute approximate surface area is 137 Å². The van der Waals surface area contributed by atoms with Crippen molar-refractivity contribution in [3.05, 3.63) is 41.5 Å². The molecule has 3 heterocycles. The fourth-order valence-electron chi connectivity index (χ4n) is 3.52. The maximum atomic E-state index is 11.9. The molecule has 6 heteroatoms. The van der Waals surface area contributed by atoms with Crippen molar-refractivity contribution in [3.8, 4) is 0 Å². The summed E-state index contributed by atoms with van der Waals surface area (Å²) in [5, 5.41) is 6.98. The quantitative estimate of drug-likeness (QED) is 0.937. The number of rotatable bonds is 4. The van der Waals surface area contributed by atoms with Crippen molar-refractivity contribution in [2.24, 2.45) is 14.1 Å².